The molecule has 1 amide bonds. The molecule has 0 aliphatic heterocycles. The van der Waals surface area contributed by atoms with Crippen molar-refractivity contribution in [1.29, 1.82) is 0 Å². The molecule has 0 fully saturated rings. The minimum Gasteiger partial charge on any atom is -0.329 e. The molecule has 0 saturated heterocycles. The predicted molar refractivity (Wildman–Crippen MR) is 98.0 cm³/mol. The molecule has 24 heavy (non-hydrogen) atoms. The Morgan fingerprint density at radius 2 is 1.75 bits per heavy atom. The molecule has 0 bridgehead atoms. The lowest BCUT2D eigenvalue weighted by Crippen LogP contribution is -2.45. The number of amides is 1. The second-order valence-corrected chi connectivity index (χ2v) is 5.71. The summed E-state index contributed by atoms with van der Waals surface area (Å²) in [5.41, 5.74) is 6.41. The number of para-hydroxylation sites is 1. The lowest BCUT2D eigenvalue weighted by molar-refractivity contribution is -0.123. The molecule has 0 aromatic heterocycles. The van der Waals surface area contributed by atoms with Gasteiger partial charge in [-0.1, -0.05) is 55.8 Å². The van der Waals surface area contributed by atoms with Crippen LogP contribution in [0.5, 0.6) is 0 Å². The fourth-order valence-electron chi connectivity index (χ4n) is 2.34. The average molecular weight is 345 g/mol. The molecule has 2 aromatic rings. The molecule has 4 nitrogen and oxygen atoms in total. The SMILES string of the molecule is CCC[C@H](C(=O)NNC(=S)Nc1ccccc1F)c1ccccc1. The Labute approximate surface area is 146 Å². The summed E-state index contributed by atoms with van der Waals surface area (Å²) in [7, 11) is 0. The van der Waals surface area contributed by atoms with Gasteiger partial charge < -0.3 is 5.32 Å². The number of hydrazine groups is 1. The Bertz CT molecular complexity index is 694. The number of thiocarbonyl (C=S) groups is 1. The highest BCUT2D eigenvalue weighted by atomic mass is 32.1. The molecule has 1 atom stereocenters. The van der Waals surface area contributed by atoms with Gasteiger partial charge in [0.25, 0.3) is 0 Å². The minimum atomic E-state index is -0.416. The zero-order valence-corrected chi connectivity index (χ0v) is 14.2. The molecule has 126 valence electrons. The van der Waals surface area contributed by atoms with Gasteiger partial charge in [-0.25, -0.2) is 4.39 Å². The minimum absolute atomic E-state index is 0.122. The highest BCUT2D eigenvalue weighted by Crippen LogP contribution is 2.21. The summed E-state index contributed by atoms with van der Waals surface area (Å²) < 4.78 is 13.6. The molecule has 2 aromatic carbocycles. The van der Waals surface area contributed by atoms with Gasteiger partial charge in [-0.3, -0.25) is 15.6 Å². The smallest absolute Gasteiger partial charge is 0.245 e. The van der Waals surface area contributed by atoms with E-state index in [1.165, 1.54) is 6.07 Å². The van der Waals surface area contributed by atoms with E-state index in [-0.39, 0.29) is 22.6 Å². The summed E-state index contributed by atoms with van der Waals surface area (Å²) >= 11 is 5.08. The van der Waals surface area contributed by atoms with Crippen molar-refractivity contribution in [3.8, 4) is 0 Å². The summed E-state index contributed by atoms with van der Waals surface area (Å²) in [6, 6.07) is 15.8. The zero-order chi connectivity index (χ0) is 17.4. The Morgan fingerprint density at radius 3 is 2.42 bits per heavy atom. The van der Waals surface area contributed by atoms with Crippen LogP contribution in [0.2, 0.25) is 0 Å². The van der Waals surface area contributed by atoms with Crippen molar-refractivity contribution in [3.63, 3.8) is 0 Å². The van der Waals surface area contributed by atoms with Crippen molar-refractivity contribution >= 4 is 28.9 Å². The van der Waals surface area contributed by atoms with Crippen LogP contribution in [0.1, 0.15) is 31.2 Å². The van der Waals surface area contributed by atoms with E-state index in [4.69, 9.17) is 12.2 Å². The first-order chi connectivity index (χ1) is 11.6. The topological polar surface area (TPSA) is 53.2 Å². The van der Waals surface area contributed by atoms with Gasteiger partial charge in [0.05, 0.1) is 11.6 Å². The van der Waals surface area contributed by atoms with Crippen molar-refractivity contribution in [3.05, 3.63) is 66.0 Å². The number of hydrogen-bond acceptors (Lipinski definition) is 2. The standard InChI is InChI=1S/C18H20FN3OS/c1-2-8-14(13-9-4-3-5-10-13)17(23)21-22-18(24)20-16-12-7-6-11-15(16)19/h3-7,9-12,14H,2,8H2,1H3,(H,21,23)(H2,20,22,24)/t14-/m0/s1. The largest absolute Gasteiger partial charge is 0.329 e. The number of nitrogens with one attached hydrogen (secondary N) is 3. The van der Waals surface area contributed by atoms with Gasteiger partial charge in [0, 0.05) is 0 Å². The third-order valence-electron chi connectivity index (χ3n) is 3.52. The van der Waals surface area contributed by atoms with E-state index in [1.807, 2.05) is 37.3 Å². The van der Waals surface area contributed by atoms with Crippen LogP contribution in [0, 0.1) is 5.82 Å². The molecular formula is C18H20FN3OS. The van der Waals surface area contributed by atoms with Crippen LogP contribution in [0.25, 0.3) is 0 Å². The van der Waals surface area contributed by atoms with E-state index in [0.29, 0.717) is 0 Å². The number of benzene rings is 2. The number of anilines is 1. The summed E-state index contributed by atoms with van der Waals surface area (Å²) in [5.74, 6) is -0.859. The fourth-order valence-corrected chi connectivity index (χ4v) is 2.51. The van der Waals surface area contributed by atoms with Gasteiger partial charge in [0.15, 0.2) is 5.11 Å². The van der Waals surface area contributed by atoms with Crippen molar-refractivity contribution < 1.29 is 9.18 Å². The second-order valence-electron chi connectivity index (χ2n) is 5.30. The average Bonchev–Trinajstić information content (AvgIpc) is 2.60. The Morgan fingerprint density at radius 1 is 1.08 bits per heavy atom. The Balaban J connectivity index is 1.93. The quantitative estimate of drug-likeness (QED) is 0.571. The molecule has 3 N–H and O–H groups in total. The lowest BCUT2D eigenvalue weighted by Gasteiger charge is -2.18. The van der Waals surface area contributed by atoms with Gasteiger partial charge >= 0.3 is 0 Å². The van der Waals surface area contributed by atoms with Crippen LogP contribution in [0.4, 0.5) is 10.1 Å². The normalized spacial score (nSPS) is 11.4. The first-order valence-electron chi connectivity index (χ1n) is 7.78. The maximum Gasteiger partial charge on any atom is 0.245 e. The van der Waals surface area contributed by atoms with E-state index >= 15 is 0 Å². The van der Waals surface area contributed by atoms with Gasteiger partial charge in [0.2, 0.25) is 5.91 Å². The Hall–Kier alpha value is -2.47. The van der Waals surface area contributed by atoms with Crippen molar-refractivity contribution in [2.24, 2.45) is 0 Å². The number of hydrogen-bond donors (Lipinski definition) is 3. The van der Waals surface area contributed by atoms with Crippen LogP contribution in [-0.4, -0.2) is 11.0 Å². The molecule has 6 heteroatoms. The number of carbonyl (C=O) groups is 1. The van der Waals surface area contributed by atoms with Crippen LogP contribution in [0.3, 0.4) is 0 Å². The highest BCUT2D eigenvalue weighted by Gasteiger charge is 2.19. The molecule has 0 unspecified atom stereocenters. The molecule has 0 aliphatic carbocycles. The molecule has 0 radical (unpaired) electrons. The monoisotopic (exact) mass is 345 g/mol. The second kappa shape index (κ2) is 8.98. The first-order valence-corrected chi connectivity index (χ1v) is 8.19. The van der Waals surface area contributed by atoms with Gasteiger partial charge in [-0.15, -0.1) is 0 Å². The van der Waals surface area contributed by atoms with E-state index in [0.717, 1.165) is 18.4 Å². The van der Waals surface area contributed by atoms with Crippen LogP contribution < -0.4 is 16.2 Å². The van der Waals surface area contributed by atoms with Crippen molar-refractivity contribution in [1.82, 2.24) is 10.9 Å². The summed E-state index contributed by atoms with van der Waals surface area (Å²) in [6.07, 6.45) is 1.61. The van der Waals surface area contributed by atoms with Crippen LogP contribution >= 0.6 is 12.2 Å². The summed E-state index contributed by atoms with van der Waals surface area (Å²) in [5, 5.41) is 2.83. The fraction of sp³-hybridized carbons (Fsp3) is 0.222. The predicted octanol–water partition coefficient (Wildman–Crippen LogP) is 3.73. The Kier molecular flexibility index (Phi) is 6.69. The third-order valence-corrected chi connectivity index (χ3v) is 3.72. The van der Waals surface area contributed by atoms with E-state index < -0.39 is 5.82 Å². The zero-order valence-electron chi connectivity index (χ0n) is 13.4. The molecule has 0 saturated carbocycles. The van der Waals surface area contributed by atoms with E-state index in [1.54, 1.807) is 18.2 Å². The number of rotatable bonds is 5. The maximum atomic E-state index is 13.6. The number of halogens is 1. The molecule has 2 rings (SSSR count). The third kappa shape index (κ3) is 5.03. The molecule has 0 aliphatic rings. The lowest BCUT2D eigenvalue weighted by atomic mass is 9.94. The maximum absolute atomic E-state index is 13.6. The molecule has 0 heterocycles. The van der Waals surface area contributed by atoms with Crippen LogP contribution in [0.15, 0.2) is 54.6 Å². The highest BCUT2D eigenvalue weighted by molar-refractivity contribution is 7.80. The summed E-state index contributed by atoms with van der Waals surface area (Å²) in [6.45, 7) is 2.03. The molecule has 0 spiro atoms. The van der Waals surface area contributed by atoms with E-state index in [9.17, 15) is 9.18 Å². The van der Waals surface area contributed by atoms with Gasteiger partial charge in [0.1, 0.15) is 5.82 Å². The first kappa shape index (κ1) is 17.9. The summed E-state index contributed by atoms with van der Waals surface area (Å²) in [4.78, 5) is 12.4. The van der Waals surface area contributed by atoms with Gasteiger partial charge in [-0.05, 0) is 36.3 Å². The number of carbonyl (C=O) groups excluding carboxylic acids is 1. The van der Waals surface area contributed by atoms with Crippen molar-refractivity contribution in [2.45, 2.75) is 25.7 Å². The van der Waals surface area contributed by atoms with E-state index in [2.05, 4.69) is 16.2 Å². The van der Waals surface area contributed by atoms with Gasteiger partial charge in [-0.2, -0.15) is 0 Å². The molecular weight excluding hydrogens is 325 g/mol. The van der Waals surface area contributed by atoms with Crippen LogP contribution in [-0.2, 0) is 4.79 Å². The van der Waals surface area contributed by atoms with Crippen molar-refractivity contribution in [2.75, 3.05) is 5.32 Å².